The normalized spacial score (nSPS) is 19.0. The molecule has 0 spiro atoms. The van der Waals surface area contributed by atoms with Gasteiger partial charge in [-0.2, -0.15) is 8.42 Å². The number of nitrogens with zero attached hydrogens (tertiary/aromatic N) is 6. The maximum atomic E-state index is 12.9. The molecule has 0 bridgehead atoms. The Morgan fingerprint density at radius 3 is 0.906 bits per heavy atom. The molecule has 6 saturated heterocycles. The molecule has 16 rings (SSSR count). The summed E-state index contributed by atoms with van der Waals surface area (Å²) in [5.41, 5.74) is 10.9. The summed E-state index contributed by atoms with van der Waals surface area (Å²) in [7, 11) is -4.00. The van der Waals surface area contributed by atoms with E-state index >= 15 is 0 Å². The summed E-state index contributed by atoms with van der Waals surface area (Å²) in [6.45, 7) is 15.1. The molecule has 0 aliphatic carbocycles. The van der Waals surface area contributed by atoms with Crippen LogP contribution in [-0.4, -0.2) is 199 Å². The summed E-state index contributed by atoms with van der Waals surface area (Å²) in [4.78, 5) is 133. The number of hydrogen-bond acceptors (Lipinski definition) is 23. The van der Waals surface area contributed by atoms with E-state index in [2.05, 4.69) is 108 Å². The number of morpholine rings is 3. The van der Waals surface area contributed by atoms with E-state index in [0.29, 0.717) is 92.7 Å². The molecule has 9 aliphatic heterocycles. The van der Waals surface area contributed by atoms with E-state index in [-0.39, 0.29) is 133 Å². The van der Waals surface area contributed by atoms with Crippen LogP contribution in [0, 0.1) is 0 Å². The minimum absolute atomic E-state index is 0. The molecule has 3 atom stereocenters. The van der Waals surface area contributed by atoms with Gasteiger partial charge in [0, 0.05) is 112 Å². The Hall–Kier alpha value is -9.26. The Bertz CT molecular complexity index is 4310. The quantitative estimate of drug-likeness (QED) is 0.0212. The molecule has 618 valence electrons. The van der Waals surface area contributed by atoms with E-state index < -0.39 is 46.0 Å². The van der Waals surface area contributed by atoms with Crippen molar-refractivity contribution in [1.82, 2.24) is 45.3 Å². The zero-order valence-electron chi connectivity index (χ0n) is 64.3. The number of amides is 9. The Labute approximate surface area is 717 Å². The average molecular weight is 1700 g/mol. The number of ether oxygens (including phenoxy) is 6. The predicted molar refractivity (Wildman–Crippen MR) is 423 cm³/mol. The van der Waals surface area contributed by atoms with Gasteiger partial charge in [0.25, 0.3) is 34.3 Å². The molecule has 9 heterocycles. The van der Waals surface area contributed by atoms with Gasteiger partial charge in [-0.25, -0.2) is 0 Å². The van der Waals surface area contributed by atoms with Crippen LogP contribution >= 0.6 is 37.2 Å². The number of hydrogen-bond donors (Lipinski definition) is 4. The third-order valence-corrected chi connectivity index (χ3v) is 21.3. The van der Waals surface area contributed by atoms with Gasteiger partial charge in [-0.15, -0.1) is 37.2 Å². The van der Waals surface area contributed by atoms with Gasteiger partial charge in [-0.05, 0) is 101 Å². The fourth-order valence-corrected chi connectivity index (χ4v) is 14.9. The average Bonchev–Trinajstić information content (AvgIpc) is 1.64. The summed E-state index contributed by atoms with van der Waals surface area (Å²) >= 11 is 0. The number of carbonyl (C=O) groups excluding carboxylic acids is 10. The molecular weight excluding hydrogens is 1610 g/mol. The summed E-state index contributed by atoms with van der Waals surface area (Å²) in [5.74, 6) is -0.756. The van der Waals surface area contributed by atoms with Crippen LogP contribution in [0.1, 0.15) is 120 Å². The fourth-order valence-electron chi connectivity index (χ4n) is 14.4. The molecule has 7 aromatic rings. The fraction of sp³-hybridized carbons (Fsp3) is 0.366. The third-order valence-electron chi connectivity index (χ3n) is 20.5. The third kappa shape index (κ3) is 25.2. The monoisotopic (exact) mass is 1700 g/mol. The van der Waals surface area contributed by atoms with Crippen molar-refractivity contribution in [3.8, 4) is 17.2 Å². The number of carbonyl (C=O) groups is 10. The van der Waals surface area contributed by atoms with Crippen LogP contribution in [0.5, 0.6) is 17.2 Å². The van der Waals surface area contributed by atoms with Gasteiger partial charge in [-0.1, -0.05) is 109 Å². The van der Waals surface area contributed by atoms with Crippen molar-refractivity contribution in [2.45, 2.75) is 121 Å². The van der Waals surface area contributed by atoms with Crippen LogP contribution in [0.4, 0.5) is 0 Å². The van der Waals surface area contributed by atoms with E-state index in [0.717, 1.165) is 132 Å². The Morgan fingerprint density at radius 1 is 0.402 bits per heavy atom. The number of fused-ring (bicyclic) bond motifs is 3. The van der Waals surface area contributed by atoms with Gasteiger partial charge in [0.2, 0.25) is 35.4 Å². The first-order valence-corrected chi connectivity index (χ1v) is 38.8. The zero-order chi connectivity index (χ0) is 79.4. The molecule has 0 aromatic heterocycles. The number of rotatable bonds is 20. The molecule has 0 unspecified atom stereocenters. The van der Waals surface area contributed by atoms with E-state index in [1.165, 1.54) is 28.8 Å². The number of halogens is 3. The molecular formula is C82H91Cl3N9NaO21S. The van der Waals surface area contributed by atoms with Gasteiger partial charge in [-0.3, -0.25) is 83.1 Å². The molecule has 117 heavy (non-hydrogen) atoms. The predicted octanol–water partition coefficient (Wildman–Crippen LogP) is 3.21. The molecule has 7 aromatic carbocycles. The van der Waals surface area contributed by atoms with Crippen molar-refractivity contribution in [3.63, 3.8) is 0 Å². The molecule has 4 N–H and O–H groups in total. The van der Waals surface area contributed by atoms with Gasteiger partial charge in [0.05, 0.1) is 64.2 Å². The van der Waals surface area contributed by atoms with Crippen LogP contribution in [-0.2, 0) is 122 Å². The molecule has 0 radical (unpaired) electrons. The minimum atomic E-state index is -4.00. The molecule has 35 heteroatoms. The number of imide groups is 3. The molecule has 9 amide bonds. The van der Waals surface area contributed by atoms with E-state index in [1.54, 1.807) is 69.3 Å². The summed E-state index contributed by atoms with van der Waals surface area (Å²) in [6, 6.07) is 46.9. The Morgan fingerprint density at radius 2 is 0.667 bits per heavy atom. The second-order valence-corrected chi connectivity index (χ2v) is 29.4. The second-order valence-electron chi connectivity index (χ2n) is 28.0. The van der Waals surface area contributed by atoms with Crippen molar-refractivity contribution in [3.05, 3.63) is 224 Å². The molecule has 0 saturated carbocycles. The second kappa shape index (κ2) is 45.1. The van der Waals surface area contributed by atoms with Crippen LogP contribution in [0.15, 0.2) is 163 Å². The van der Waals surface area contributed by atoms with Crippen molar-refractivity contribution in [2.75, 3.05) is 78.9 Å². The topological polar surface area (TPSA) is 368 Å². The van der Waals surface area contributed by atoms with E-state index in [1.807, 2.05) is 18.2 Å². The van der Waals surface area contributed by atoms with Crippen molar-refractivity contribution < 1.29 is 129 Å². The molecule has 30 nitrogen and oxygen atoms in total. The van der Waals surface area contributed by atoms with Crippen LogP contribution in [0.3, 0.4) is 0 Å². The van der Waals surface area contributed by atoms with Crippen molar-refractivity contribution in [2.24, 2.45) is 0 Å². The Balaban J connectivity index is 0.000000199. The number of piperidine rings is 3. The summed E-state index contributed by atoms with van der Waals surface area (Å²) < 4.78 is 63.7. The minimum Gasteiger partial charge on any atom is -0.662 e. The molecule has 9 aliphatic rings. The van der Waals surface area contributed by atoms with Crippen molar-refractivity contribution >= 4 is 107 Å². The summed E-state index contributed by atoms with van der Waals surface area (Å²) in [6.07, 6.45) is 1.75. The smallest absolute Gasteiger partial charge is 0.662 e. The Kier molecular flexibility index (Phi) is 35.9. The molecule has 6 fully saturated rings. The largest absolute Gasteiger partial charge is 1.00 e. The van der Waals surface area contributed by atoms with Crippen LogP contribution in [0.2, 0.25) is 0 Å². The van der Waals surface area contributed by atoms with Gasteiger partial charge in [0.1, 0.15) is 55.2 Å². The number of benzene rings is 7. The SMILES string of the molecule is Cl.Cl.Cl.O=C1CC[C@H](N2Cc3c(OCc4ccc(CN5CCOCC5)cc4)cccc3C2=O)C(=O)N1.O=C1CC[C@H](N2Cc3c(OCc4ccc(CN5CCOCC5)cc4)cccc3C2=O)C(=O)N1.O=C1CC[C@H](N2Cc3c(OCc4ccc(CN5CCOCC5)cc4)cccc3C2=O)C(=O)N1.O=CO[O-].O=S(=O)(O)c1ccccc1.[Na+]. The van der Waals surface area contributed by atoms with E-state index in [4.69, 9.17) is 43.0 Å². The number of nitrogens with one attached hydrogen (secondary N) is 3. The van der Waals surface area contributed by atoms with Gasteiger partial charge < -0.3 is 53.3 Å². The maximum Gasteiger partial charge on any atom is 1.00 e. The maximum absolute atomic E-state index is 12.9. The van der Waals surface area contributed by atoms with Crippen LogP contribution in [0.25, 0.3) is 0 Å². The van der Waals surface area contributed by atoms with Crippen LogP contribution < -0.4 is 65.0 Å². The first-order valence-electron chi connectivity index (χ1n) is 37.3. The first kappa shape index (κ1) is 93.2. The summed E-state index contributed by atoms with van der Waals surface area (Å²) in [5, 5.41) is 15.4. The first-order chi connectivity index (χ1) is 54.8. The van der Waals surface area contributed by atoms with Gasteiger partial charge >= 0.3 is 29.6 Å². The van der Waals surface area contributed by atoms with E-state index in [9.17, 15) is 51.6 Å². The van der Waals surface area contributed by atoms with Gasteiger partial charge in [0.15, 0.2) is 0 Å². The standard InChI is InChI=1S/3C25H27N3O5.C6H6O3S.CH2O3.3ClH.Na/c3*29-23-9-8-21(24(30)26-23)28-15-20-19(25(28)31)2-1-3-22(20)33-16-18-6-4-17(5-7-18)14-27-10-12-32-13-11-27;7-10(8,9)6-4-2-1-3-5-6;2-1-4-3;;;;/h3*1-7,21H,8-16H2,(H,26,29,30);1-5H,(H,7,8,9);1,3H;3*1H;/q;;;;;;;;+1/p-1/t3*21-;;;;;;/m000....../s1. The van der Waals surface area contributed by atoms with Crippen molar-refractivity contribution in [1.29, 1.82) is 0 Å². The zero-order valence-corrected chi connectivity index (χ0v) is 69.6.